The number of nitrogens with zero attached hydrogens (tertiary/aromatic N) is 2. The van der Waals surface area contributed by atoms with Gasteiger partial charge in [-0.2, -0.15) is 5.10 Å². The zero-order valence-electron chi connectivity index (χ0n) is 10.7. The lowest BCUT2D eigenvalue weighted by Crippen LogP contribution is -2.15. The maximum Gasteiger partial charge on any atom is 0.0992 e. The van der Waals surface area contributed by atoms with Crippen molar-refractivity contribution in [1.29, 1.82) is 0 Å². The van der Waals surface area contributed by atoms with Crippen LogP contribution in [0.25, 0.3) is 0 Å². The molecule has 0 saturated carbocycles. The average molecular weight is 239 g/mol. The van der Waals surface area contributed by atoms with Gasteiger partial charge >= 0.3 is 0 Å². The van der Waals surface area contributed by atoms with Gasteiger partial charge in [-0.25, -0.2) is 0 Å². The van der Waals surface area contributed by atoms with Crippen molar-refractivity contribution < 1.29 is 0 Å². The van der Waals surface area contributed by atoms with Crippen molar-refractivity contribution in [1.82, 2.24) is 0 Å². The summed E-state index contributed by atoms with van der Waals surface area (Å²) in [6, 6.07) is 18.1. The molecule has 0 atom stereocenters. The van der Waals surface area contributed by atoms with E-state index in [-0.39, 0.29) is 0 Å². The summed E-state index contributed by atoms with van der Waals surface area (Å²) in [5, 5.41) is 3.96. The molecule has 3 heteroatoms. The van der Waals surface area contributed by atoms with Crippen LogP contribution >= 0.6 is 0 Å². The highest BCUT2D eigenvalue weighted by molar-refractivity contribution is 6.15. The van der Waals surface area contributed by atoms with Crippen LogP contribution in [0.15, 0.2) is 59.7 Å². The van der Waals surface area contributed by atoms with Crippen LogP contribution in [0.3, 0.4) is 0 Å². The number of benzene rings is 2. The van der Waals surface area contributed by atoms with E-state index < -0.39 is 0 Å². The highest BCUT2D eigenvalue weighted by Crippen LogP contribution is 2.21. The normalized spacial score (nSPS) is 11.3. The third-order valence-corrected chi connectivity index (χ3v) is 2.82. The second-order valence-corrected chi connectivity index (χ2v) is 4.26. The van der Waals surface area contributed by atoms with Crippen molar-refractivity contribution in [3.8, 4) is 0 Å². The number of rotatable bonds is 3. The zero-order chi connectivity index (χ0) is 13.0. The molecule has 18 heavy (non-hydrogen) atoms. The SMILES string of the molecule is CN(C)c1ccccc1C(=NN)c1ccccc1. The van der Waals surface area contributed by atoms with Crippen molar-refractivity contribution >= 4 is 11.4 Å². The van der Waals surface area contributed by atoms with Gasteiger partial charge in [-0.3, -0.25) is 0 Å². The summed E-state index contributed by atoms with van der Waals surface area (Å²) in [5.41, 5.74) is 3.97. The Hall–Kier alpha value is -2.29. The maximum absolute atomic E-state index is 5.58. The average Bonchev–Trinajstić information content (AvgIpc) is 2.41. The largest absolute Gasteiger partial charge is 0.377 e. The van der Waals surface area contributed by atoms with Gasteiger partial charge in [0.15, 0.2) is 0 Å². The Morgan fingerprint density at radius 3 is 2.17 bits per heavy atom. The summed E-state index contributed by atoms with van der Waals surface area (Å²) in [7, 11) is 4.02. The summed E-state index contributed by atoms with van der Waals surface area (Å²) in [4.78, 5) is 2.06. The molecule has 0 radical (unpaired) electrons. The summed E-state index contributed by atoms with van der Waals surface area (Å²) in [6.07, 6.45) is 0. The molecule has 3 nitrogen and oxygen atoms in total. The fraction of sp³-hybridized carbons (Fsp3) is 0.133. The monoisotopic (exact) mass is 239 g/mol. The Morgan fingerprint density at radius 2 is 1.56 bits per heavy atom. The lowest BCUT2D eigenvalue weighted by Gasteiger charge is -2.18. The molecule has 2 aromatic rings. The molecule has 0 heterocycles. The summed E-state index contributed by atoms with van der Waals surface area (Å²) in [5.74, 6) is 5.58. The Bertz CT molecular complexity index is 545. The second-order valence-electron chi connectivity index (χ2n) is 4.26. The molecular formula is C15H17N3. The molecule has 0 spiro atoms. The van der Waals surface area contributed by atoms with Crippen molar-refractivity contribution in [3.05, 3.63) is 65.7 Å². The van der Waals surface area contributed by atoms with Crippen LogP contribution in [0.4, 0.5) is 5.69 Å². The Labute approximate surface area is 108 Å². The van der Waals surface area contributed by atoms with Gasteiger partial charge in [-0.05, 0) is 6.07 Å². The van der Waals surface area contributed by atoms with Crippen LogP contribution in [0.5, 0.6) is 0 Å². The molecule has 0 unspecified atom stereocenters. The van der Waals surface area contributed by atoms with Gasteiger partial charge in [0.1, 0.15) is 0 Å². The smallest absolute Gasteiger partial charge is 0.0992 e. The van der Waals surface area contributed by atoms with E-state index in [9.17, 15) is 0 Å². The van der Waals surface area contributed by atoms with Crippen LogP contribution in [0.1, 0.15) is 11.1 Å². The van der Waals surface area contributed by atoms with Crippen molar-refractivity contribution in [2.45, 2.75) is 0 Å². The quantitative estimate of drug-likeness (QED) is 0.508. The Morgan fingerprint density at radius 1 is 0.944 bits per heavy atom. The van der Waals surface area contributed by atoms with Crippen LogP contribution in [-0.4, -0.2) is 19.8 Å². The van der Waals surface area contributed by atoms with Crippen molar-refractivity contribution in [2.75, 3.05) is 19.0 Å². The van der Waals surface area contributed by atoms with E-state index >= 15 is 0 Å². The number of anilines is 1. The third kappa shape index (κ3) is 2.35. The minimum Gasteiger partial charge on any atom is -0.377 e. The second kappa shape index (κ2) is 5.36. The highest BCUT2D eigenvalue weighted by atomic mass is 15.1. The van der Waals surface area contributed by atoms with E-state index in [1.165, 1.54) is 0 Å². The summed E-state index contributed by atoms with van der Waals surface area (Å²) < 4.78 is 0. The first-order chi connectivity index (χ1) is 8.74. The van der Waals surface area contributed by atoms with Gasteiger partial charge in [-0.15, -0.1) is 0 Å². The van der Waals surface area contributed by atoms with E-state index in [0.29, 0.717) is 0 Å². The van der Waals surface area contributed by atoms with Gasteiger partial charge in [0, 0.05) is 30.9 Å². The highest BCUT2D eigenvalue weighted by Gasteiger charge is 2.11. The molecule has 0 aliphatic heterocycles. The molecule has 2 aromatic carbocycles. The van der Waals surface area contributed by atoms with Crippen LogP contribution < -0.4 is 10.7 Å². The fourth-order valence-electron chi connectivity index (χ4n) is 1.96. The molecule has 0 aliphatic rings. The first-order valence-electron chi connectivity index (χ1n) is 5.84. The van der Waals surface area contributed by atoms with Crippen LogP contribution in [0, 0.1) is 0 Å². The van der Waals surface area contributed by atoms with Gasteiger partial charge in [0.25, 0.3) is 0 Å². The van der Waals surface area contributed by atoms with E-state index in [4.69, 9.17) is 5.84 Å². The van der Waals surface area contributed by atoms with E-state index in [1.807, 2.05) is 62.6 Å². The topological polar surface area (TPSA) is 41.6 Å². The summed E-state index contributed by atoms with van der Waals surface area (Å²) >= 11 is 0. The Kier molecular flexibility index (Phi) is 3.63. The molecule has 0 aliphatic carbocycles. The minimum absolute atomic E-state index is 0.805. The number of hydrazone groups is 1. The van der Waals surface area contributed by atoms with E-state index in [0.717, 1.165) is 22.5 Å². The minimum atomic E-state index is 0.805. The number of para-hydroxylation sites is 1. The molecule has 0 amide bonds. The molecule has 0 fully saturated rings. The lowest BCUT2D eigenvalue weighted by molar-refractivity contribution is 1.12. The van der Waals surface area contributed by atoms with Crippen molar-refractivity contribution in [3.63, 3.8) is 0 Å². The predicted octanol–water partition coefficient (Wildman–Crippen LogP) is 2.46. The van der Waals surface area contributed by atoms with Gasteiger partial charge in [0.05, 0.1) is 5.71 Å². The van der Waals surface area contributed by atoms with E-state index in [2.05, 4.69) is 16.1 Å². The van der Waals surface area contributed by atoms with Gasteiger partial charge in [0.2, 0.25) is 0 Å². The summed E-state index contributed by atoms with van der Waals surface area (Å²) in [6.45, 7) is 0. The molecule has 2 N–H and O–H groups in total. The number of hydrogen-bond acceptors (Lipinski definition) is 3. The predicted molar refractivity (Wildman–Crippen MR) is 77.0 cm³/mol. The molecule has 2 rings (SSSR count). The van der Waals surface area contributed by atoms with Crippen molar-refractivity contribution in [2.24, 2.45) is 10.9 Å². The number of nitrogens with two attached hydrogens (primary N) is 1. The molecule has 0 bridgehead atoms. The maximum atomic E-state index is 5.58. The fourth-order valence-corrected chi connectivity index (χ4v) is 1.96. The molecule has 92 valence electrons. The Balaban J connectivity index is 2.54. The first-order valence-corrected chi connectivity index (χ1v) is 5.84. The van der Waals surface area contributed by atoms with Crippen LogP contribution in [-0.2, 0) is 0 Å². The molecule has 0 aromatic heterocycles. The standard InChI is InChI=1S/C15H17N3/c1-18(2)14-11-7-6-10-13(14)15(17-16)12-8-4-3-5-9-12/h3-11H,16H2,1-2H3. The molecule has 0 saturated heterocycles. The van der Waals surface area contributed by atoms with Gasteiger partial charge in [-0.1, -0.05) is 48.5 Å². The first kappa shape index (κ1) is 12.2. The zero-order valence-corrected chi connectivity index (χ0v) is 10.7. The lowest BCUT2D eigenvalue weighted by atomic mass is 10.0. The third-order valence-electron chi connectivity index (χ3n) is 2.82. The van der Waals surface area contributed by atoms with E-state index in [1.54, 1.807) is 0 Å². The van der Waals surface area contributed by atoms with Crippen LogP contribution in [0.2, 0.25) is 0 Å². The molecular weight excluding hydrogens is 222 g/mol. The van der Waals surface area contributed by atoms with Gasteiger partial charge < -0.3 is 10.7 Å². The number of hydrogen-bond donors (Lipinski definition) is 1.